The number of carbonyl (C=O) groups excluding carboxylic acids is 1. The van der Waals surface area contributed by atoms with E-state index in [0.29, 0.717) is 17.3 Å². The lowest BCUT2D eigenvalue weighted by atomic mass is 10.3. The molecule has 0 saturated heterocycles. The van der Waals surface area contributed by atoms with Crippen LogP contribution in [0.5, 0.6) is 5.75 Å². The first-order valence-electron chi connectivity index (χ1n) is 6.16. The Bertz CT molecular complexity index is 711. The Kier molecular flexibility index (Phi) is 3.55. The van der Waals surface area contributed by atoms with E-state index < -0.39 is 6.09 Å². The summed E-state index contributed by atoms with van der Waals surface area (Å²) < 4.78 is 6.78. The molecule has 3 aromatic rings. The van der Waals surface area contributed by atoms with Gasteiger partial charge in [-0.2, -0.15) is 0 Å². The van der Waals surface area contributed by atoms with Crippen molar-refractivity contribution in [3.8, 4) is 11.6 Å². The molecule has 0 aliphatic heterocycles. The lowest BCUT2D eigenvalue weighted by Crippen LogP contribution is -2.16. The minimum Gasteiger partial charge on any atom is -0.410 e. The highest BCUT2D eigenvalue weighted by atomic mass is 16.6. The van der Waals surface area contributed by atoms with Gasteiger partial charge in [-0.25, -0.2) is 9.78 Å². The van der Waals surface area contributed by atoms with Crippen LogP contribution in [0.15, 0.2) is 61.3 Å². The third kappa shape index (κ3) is 3.21. The van der Waals surface area contributed by atoms with Crippen molar-refractivity contribution >= 4 is 11.8 Å². The molecule has 21 heavy (non-hydrogen) atoms. The molecule has 0 bridgehead atoms. The number of anilines is 1. The maximum atomic E-state index is 11.7. The number of ether oxygens (including phenoxy) is 1. The number of hydrogen-bond acceptors (Lipinski definition) is 5. The van der Waals surface area contributed by atoms with Crippen molar-refractivity contribution in [2.45, 2.75) is 0 Å². The number of nitrogens with zero attached hydrogens (tertiary/aromatic N) is 4. The van der Waals surface area contributed by atoms with Gasteiger partial charge in [0.1, 0.15) is 24.2 Å². The molecule has 2 heterocycles. The highest BCUT2D eigenvalue weighted by molar-refractivity contribution is 5.86. The van der Waals surface area contributed by atoms with Crippen LogP contribution in [0.25, 0.3) is 5.82 Å². The van der Waals surface area contributed by atoms with E-state index in [9.17, 15) is 4.79 Å². The van der Waals surface area contributed by atoms with Gasteiger partial charge < -0.3 is 4.74 Å². The highest BCUT2D eigenvalue weighted by Crippen LogP contribution is 2.12. The molecule has 7 heteroatoms. The highest BCUT2D eigenvalue weighted by Gasteiger charge is 2.05. The van der Waals surface area contributed by atoms with Gasteiger partial charge >= 0.3 is 6.09 Å². The molecule has 0 unspecified atom stereocenters. The van der Waals surface area contributed by atoms with E-state index in [-0.39, 0.29) is 0 Å². The summed E-state index contributed by atoms with van der Waals surface area (Å²) in [7, 11) is 0. The van der Waals surface area contributed by atoms with Crippen LogP contribution in [0.4, 0.5) is 10.5 Å². The summed E-state index contributed by atoms with van der Waals surface area (Å²) in [6.07, 6.45) is 4.04. The van der Waals surface area contributed by atoms with Crippen LogP contribution in [0.3, 0.4) is 0 Å². The minimum atomic E-state index is -0.569. The molecule has 0 fully saturated rings. The van der Waals surface area contributed by atoms with E-state index in [4.69, 9.17) is 4.74 Å². The first-order valence-corrected chi connectivity index (χ1v) is 6.16. The summed E-state index contributed by atoms with van der Waals surface area (Å²) in [5.74, 6) is 1.13. The van der Waals surface area contributed by atoms with Gasteiger partial charge in [0.25, 0.3) is 0 Å². The second kappa shape index (κ2) is 5.83. The molecule has 2 aromatic heterocycles. The third-order valence-corrected chi connectivity index (χ3v) is 2.63. The van der Waals surface area contributed by atoms with Crippen molar-refractivity contribution in [1.29, 1.82) is 0 Å². The molecular formula is C14H11N5O2. The SMILES string of the molecule is O=C(Nc1ccc(-n2cnnc2)nc1)Oc1ccccc1. The Morgan fingerprint density at radius 1 is 1.05 bits per heavy atom. The summed E-state index contributed by atoms with van der Waals surface area (Å²) in [5, 5.41) is 10.00. The maximum Gasteiger partial charge on any atom is 0.417 e. The van der Waals surface area contributed by atoms with Gasteiger partial charge in [0, 0.05) is 0 Å². The molecule has 1 amide bonds. The molecule has 7 nitrogen and oxygen atoms in total. The monoisotopic (exact) mass is 281 g/mol. The van der Waals surface area contributed by atoms with Gasteiger partial charge in [-0.1, -0.05) is 18.2 Å². The van der Waals surface area contributed by atoms with E-state index in [1.165, 1.54) is 6.20 Å². The number of rotatable bonds is 3. The van der Waals surface area contributed by atoms with E-state index in [1.54, 1.807) is 53.6 Å². The molecule has 0 aliphatic carbocycles. The number of hydrogen-bond donors (Lipinski definition) is 1. The molecule has 1 N–H and O–H groups in total. The summed E-state index contributed by atoms with van der Waals surface area (Å²) in [6.45, 7) is 0. The fraction of sp³-hybridized carbons (Fsp3) is 0. The van der Waals surface area contributed by atoms with Crippen molar-refractivity contribution in [2.24, 2.45) is 0 Å². The van der Waals surface area contributed by atoms with E-state index in [1.807, 2.05) is 6.07 Å². The minimum absolute atomic E-state index is 0.476. The van der Waals surface area contributed by atoms with E-state index in [0.717, 1.165) is 0 Å². The Morgan fingerprint density at radius 2 is 1.81 bits per heavy atom. The van der Waals surface area contributed by atoms with E-state index >= 15 is 0 Å². The maximum absolute atomic E-state index is 11.7. The van der Waals surface area contributed by atoms with Crippen LogP contribution >= 0.6 is 0 Å². The van der Waals surface area contributed by atoms with Crippen LogP contribution < -0.4 is 10.1 Å². The summed E-state index contributed by atoms with van der Waals surface area (Å²) in [4.78, 5) is 15.9. The first-order chi connectivity index (χ1) is 10.3. The van der Waals surface area contributed by atoms with Gasteiger partial charge in [-0.3, -0.25) is 9.88 Å². The van der Waals surface area contributed by atoms with Gasteiger partial charge in [-0.05, 0) is 24.3 Å². The predicted molar refractivity (Wildman–Crippen MR) is 75.2 cm³/mol. The molecule has 0 atom stereocenters. The number of benzene rings is 1. The van der Waals surface area contributed by atoms with Crippen LogP contribution in [0.1, 0.15) is 0 Å². The van der Waals surface area contributed by atoms with Crippen LogP contribution in [0.2, 0.25) is 0 Å². The van der Waals surface area contributed by atoms with E-state index in [2.05, 4.69) is 20.5 Å². The summed E-state index contributed by atoms with van der Waals surface area (Å²) in [5.41, 5.74) is 0.535. The van der Waals surface area contributed by atoms with Crippen LogP contribution in [-0.2, 0) is 0 Å². The number of amides is 1. The molecule has 0 saturated carbocycles. The quantitative estimate of drug-likeness (QED) is 0.796. The largest absolute Gasteiger partial charge is 0.417 e. The average molecular weight is 281 g/mol. The molecule has 1 aromatic carbocycles. The van der Waals surface area contributed by atoms with Gasteiger partial charge in [0.15, 0.2) is 0 Å². The van der Waals surface area contributed by atoms with Crippen molar-refractivity contribution in [2.75, 3.05) is 5.32 Å². The van der Waals surface area contributed by atoms with Crippen molar-refractivity contribution < 1.29 is 9.53 Å². The standard InChI is InChI=1S/C14H11N5O2/c20-14(21-12-4-2-1-3-5-12)18-11-6-7-13(15-8-11)19-9-16-17-10-19/h1-10H,(H,18,20). The number of aromatic nitrogens is 4. The average Bonchev–Trinajstić information content (AvgIpc) is 3.03. The topological polar surface area (TPSA) is 81.9 Å². The lowest BCUT2D eigenvalue weighted by Gasteiger charge is -2.07. The normalized spacial score (nSPS) is 10.1. The second-order valence-electron chi connectivity index (χ2n) is 4.10. The molecule has 0 radical (unpaired) electrons. The first kappa shape index (κ1) is 12.8. The van der Waals surface area contributed by atoms with Gasteiger partial charge in [-0.15, -0.1) is 10.2 Å². The molecular weight excluding hydrogens is 270 g/mol. The fourth-order valence-electron chi connectivity index (χ4n) is 1.67. The summed E-state index contributed by atoms with van der Waals surface area (Å²) in [6, 6.07) is 12.3. The van der Waals surface area contributed by atoms with Gasteiger partial charge in [0.05, 0.1) is 11.9 Å². The van der Waals surface area contributed by atoms with Crippen LogP contribution in [0, 0.1) is 0 Å². The fourth-order valence-corrected chi connectivity index (χ4v) is 1.67. The van der Waals surface area contributed by atoms with Crippen LogP contribution in [-0.4, -0.2) is 25.8 Å². The Morgan fingerprint density at radius 3 is 2.48 bits per heavy atom. The van der Waals surface area contributed by atoms with Crippen molar-refractivity contribution in [3.63, 3.8) is 0 Å². The summed E-state index contributed by atoms with van der Waals surface area (Å²) >= 11 is 0. The predicted octanol–water partition coefficient (Wildman–Crippen LogP) is 2.27. The zero-order valence-electron chi connectivity index (χ0n) is 10.9. The van der Waals surface area contributed by atoms with Crippen molar-refractivity contribution in [1.82, 2.24) is 19.7 Å². The zero-order chi connectivity index (χ0) is 14.5. The zero-order valence-corrected chi connectivity index (χ0v) is 10.9. The number of nitrogens with one attached hydrogen (secondary N) is 1. The Labute approximate surface area is 120 Å². The van der Waals surface area contributed by atoms with Gasteiger partial charge in [0.2, 0.25) is 0 Å². The molecule has 104 valence electrons. The molecule has 3 rings (SSSR count). The number of para-hydroxylation sites is 1. The Balaban J connectivity index is 1.64. The Hall–Kier alpha value is -3.22. The number of pyridine rings is 1. The number of carbonyl (C=O) groups is 1. The smallest absolute Gasteiger partial charge is 0.410 e. The second-order valence-corrected chi connectivity index (χ2v) is 4.10. The lowest BCUT2D eigenvalue weighted by molar-refractivity contribution is 0.215. The molecule has 0 spiro atoms. The third-order valence-electron chi connectivity index (χ3n) is 2.63. The molecule has 0 aliphatic rings. The van der Waals surface area contributed by atoms with Crippen molar-refractivity contribution in [3.05, 3.63) is 61.3 Å².